The maximum absolute atomic E-state index is 12.4. The summed E-state index contributed by atoms with van der Waals surface area (Å²) in [5, 5.41) is 8.59. The fraction of sp³-hybridized carbons (Fsp3) is 0.400. The largest absolute Gasteiger partial charge is 0.481 e. The van der Waals surface area contributed by atoms with Crippen LogP contribution in [0.3, 0.4) is 0 Å². The van der Waals surface area contributed by atoms with Gasteiger partial charge in [-0.05, 0) is 31.1 Å². The predicted octanol–water partition coefficient (Wildman–Crippen LogP) is 2.87. The van der Waals surface area contributed by atoms with Crippen molar-refractivity contribution in [2.45, 2.75) is 25.7 Å². The molecule has 1 fully saturated rings. The van der Waals surface area contributed by atoms with E-state index >= 15 is 0 Å². The zero-order valence-electron chi connectivity index (χ0n) is 12.3. The van der Waals surface area contributed by atoms with Gasteiger partial charge in [0.1, 0.15) is 4.32 Å². The van der Waals surface area contributed by atoms with Crippen LogP contribution < -0.4 is 0 Å². The molecule has 0 bridgehead atoms. The Hall–Kier alpha value is -1.60. The summed E-state index contributed by atoms with van der Waals surface area (Å²) in [5.41, 5.74) is 0.960. The third-order valence-corrected chi connectivity index (χ3v) is 4.79. The number of carbonyl (C=O) groups is 2. The molecule has 7 heteroatoms. The van der Waals surface area contributed by atoms with Gasteiger partial charge in [-0.2, -0.15) is 0 Å². The van der Waals surface area contributed by atoms with Gasteiger partial charge in [-0.15, -0.1) is 0 Å². The number of unbranched alkanes of at least 4 members (excludes halogenated alkanes) is 2. The number of thioether (sulfide) groups is 1. The van der Waals surface area contributed by atoms with Crippen LogP contribution in [0.4, 0.5) is 0 Å². The highest BCUT2D eigenvalue weighted by Gasteiger charge is 2.31. The van der Waals surface area contributed by atoms with Crippen molar-refractivity contribution >= 4 is 46.3 Å². The summed E-state index contributed by atoms with van der Waals surface area (Å²) in [4.78, 5) is 25.1. The number of carboxylic acids is 1. The first kappa shape index (κ1) is 16.8. The van der Waals surface area contributed by atoms with Gasteiger partial charge in [0, 0.05) is 31.9 Å². The van der Waals surface area contributed by atoms with Crippen LogP contribution >= 0.6 is 24.0 Å². The molecule has 1 aromatic rings. The molecule has 0 aliphatic carbocycles. The molecule has 1 N–H and O–H groups in total. The van der Waals surface area contributed by atoms with Gasteiger partial charge in [0.25, 0.3) is 5.91 Å². The minimum atomic E-state index is -0.781. The first-order valence-electron chi connectivity index (χ1n) is 7.07. The third-order valence-electron chi connectivity index (χ3n) is 3.41. The molecule has 22 heavy (non-hydrogen) atoms. The van der Waals surface area contributed by atoms with Crippen LogP contribution in [-0.2, 0) is 16.6 Å². The second-order valence-corrected chi connectivity index (χ2v) is 6.76. The number of hydrogen-bond acceptors (Lipinski definition) is 4. The van der Waals surface area contributed by atoms with Crippen LogP contribution in [-0.4, -0.2) is 37.3 Å². The molecule has 2 heterocycles. The van der Waals surface area contributed by atoms with Crippen LogP contribution in [0, 0.1) is 0 Å². The monoisotopic (exact) mass is 338 g/mol. The van der Waals surface area contributed by atoms with Crippen molar-refractivity contribution in [3.63, 3.8) is 0 Å². The molecule has 2 rings (SSSR count). The van der Waals surface area contributed by atoms with Crippen molar-refractivity contribution in [1.82, 2.24) is 9.47 Å². The minimum Gasteiger partial charge on any atom is -0.481 e. The van der Waals surface area contributed by atoms with E-state index in [-0.39, 0.29) is 12.3 Å². The van der Waals surface area contributed by atoms with Crippen LogP contribution in [0.2, 0.25) is 0 Å². The summed E-state index contributed by atoms with van der Waals surface area (Å²) in [6.45, 7) is 0.550. The topological polar surface area (TPSA) is 62.5 Å². The number of rotatable bonds is 7. The van der Waals surface area contributed by atoms with Crippen LogP contribution in [0.1, 0.15) is 31.4 Å². The lowest BCUT2D eigenvalue weighted by Crippen LogP contribution is -2.29. The summed E-state index contributed by atoms with van der Waals surface area (Å²) in [7, 11) is 1.93. The number of aliphatic carboxylic acids is 1. The highest BCUT2D eigenvalue weighted by Crippen LogP contribution is 2.32. The number of carbonyl (C=O) groups excluding carboxylic acids is 1. The highest BCUT2D eigenvalue weighted by molar-refractivity contribution is 8.26. The molecule has 0 radical (unpaired) electrons. The van der Waals surface area contributed by atoms with E-state index < -0.39 is 5.97 Å². The number of carboxylic acid groups (broad SMARTS) is 1. The average Bonchev–Trinajstić information content (AvgIpc) is 2.96. The molecule has 1 amide bonds. The van der Waals surface area contributed by atoms with Gasteiger partial charge >= 0.3 is 5.97 Å². The van der Waals surface area contributed by atoms with Gasteiger partial charge in [-0.1, -0.05) is 30.4 Å². The average molecular weight is 338 g/mol. The van der Waals surface area contributed by atoms with Crippen molar-refractivity contribution in [3.8, 4) is 0 Å². The highest BCUT2D eigenvalue weighted by atomic mass is 32.2. The van der Waals surface area contributed by atoms with Crippen molar-refractivity contribution in [1.29, 1.82) is 0 Å². The molecule has 0 spiro atoms. The number of aryl methyl sites for hydroxylation is 1. The Labute approximate surface area is 139 Å². The van der Waals surface area contributed by atoms with Gasteiger partial charge in [-0.25, -0.2) is 0 Å². The molecule has 1 aliphatic rings. The molecule has 1 saturated heterocycles. The van der Waals surface area contributed by atoms with E-state index in [9.17, 15) is 9.59 Å². The van der Waals surface area contributed by atoms with Crippen LogP contribution in [0.5, 0.6) is 0 Å². The lowest BCUT2D eigenvalue weighted by molar-refractivity contribution is -0.137. The standard InChI is InChI=1S/C15H18N2O3S2/c1-16-8-5-6-11(16)10-12-14(20)17(15(21)22-12)9-4-2-3-7-13(18)19/h5-6,8,10H,2-4,7,9H2,1H3,(H,18,19)/b12-10-. The zero-order chi connectivity index (χ0) is 16.1. The Kier molecular flexibility index (Phi) is 5.79. The Morgan fingerprint density at radius 3 is 2.82 bits per heavy atom. The van der Waals surface area contributed by atoms with E-state index in [1.807, 2.05) is 36.0 Å². The van der Waals surface area contributed by atoms with Crippen molar-refractivity contribution in [3.05, 3.63) is 28.9 Å². The van der Waals surface area contributed by atoms with Crippen LogP contribution in [0.15, 0.2) is 23.2 Å². The fourth-order valence-corrected chi connectivity index (χ4v) is 3.47. The first-order chi connectivity index (χ1) is 10.5. The quantitative estimate of drug-likeness (QED) is 0.470. The number of aromatic nitrogens is 1. The summed E-state index contributed by atoms with van der Waals surface area (Å²) in [6, 6.07) is 3.87. The summed E-state index contributed by atoms with van der Waals surface area (Å²) in [6.07, 6.45) is 6.12. The Bertz CT molecular complexity index is 622. The van der Waals surface area contributed by atoms with Gasteiger partial charge in [0.2, 0.25) is 0 Å². The molecule has 118 valence electrons. The van der Waals surface area contributed by atoms with E-state index in [0.717, 1.165) is 18.5 Å². The Morgan fingerprint density at radius 2 is 2.18 bits per heavy atom. The Morgan fingerprint density at radius 1 is 1.41 bits per heavy atom. The molecule has 0 saturated carbocycles. The smallest absolute Gasteiger partial charge is 0.303 e. The maximum atomic E-state index is 12.4. The molecule has 0 unspecified atom stereocenters. The molecular formula is C15H18N2O3S2. The summed E-state index contributed by atoms with van der Waals surface area (Å²) in [5.74, 6) is -0.842. The summed E-state index contributed by atoms with van der Waals surface area (Å²) < 4.78 is 2.52. The van der Waals surface area contributed by atoms with E-state index in [2.05, 4.69) is 0 Å². The zero-order valence-corrected chi connectivity index (χ0v) is 14.0. The van der Waals surface area contributed by atoms with E-state index in [1.165, 1.54) is 11.8 Å². The normalized spacial score (nSPS) is 16.8. The predicted molar refractivity (Wildman–Crippen MR) is 91.4 cm³/mol. The van der Waals surface area contributed by atoms with Crippen molar-refractivity contribution < 1.29 is 14.7 Å². The molecule has 0 atom stereocenters. The molecule has 5 nitrogen and oxygen atoms in total. The van der Waals surface area contributed by atoms with Gasteiger partial charge in [-0.3, -0.25) is 14.5 Å². The maximum Gasteiger partial charge on any atom is 0.303 e. The third kappa shape index (κ3) is 4.20. The van der Waals surface area contributed by atoms with Gasteiger partial charge < -0.3 is 9.67 Å². The van der Waals surface area contributed by atoms with Crippen LogP contribution in [0.25, 0.3) is 6.08 Å². The Balaban J connectivity index is 1.90. The molecular weight excluding hydrogens is 320 g/mol. The minimum absolute atomic E-state index is 0.0607. The fourth-order valence-electron chi connectivity index (χ4n) is 2.17. The second-order valence-electron chi connectivity index (χ2n) is 5.08. The number of hydrogen-bond donors (Lipinski definition) is 1. The molecule has 0 aromatic carbocycles. The van der Waals surface area contributed by atoms with E-state index in [4.69, 9.17) is 17.3 Å². The lowest BCUT2D eigenvalue weighted by Gasteiger charge is -2.13. The first-order valence-corrected chi connectivity index (χ1v) is 8.30. The SMILES string of the molecule is Cn1cccc1/C=C1\SC(=S)N(CCCCCC(=O)O)C1=O. The number of amides is 1. The summed E-state index contributed by atoms with van der Waals surface area (Å²) >= 11 is 6.59. The van der Waals surface area contributed by atoms with Crippen molar-refractivity contribution in [2.75, 3.05) is 6.54 Å². The van der Waals surface area contributed by atoms with E-state index in [0.29, 0.717) is 22.2 Å². The number of thiocarbonyl (C=S) groups is 1. The van der Waals surface area contributed by atoms with Crippen molar-refractivity contribution in [2.24, 2.45) is 7.05 Å². The van der Waals surface area contributed by atoms with E-state index in [1.54, 1.807) is 4.90 Å². The lowest BCUT2D eigenvalue weighted by atomic mass is 10.2. The molecule has 1 aliphatic heterocycles. The van der Waals surface area contributed by atoms with Gasteiger partial charge in [0.05, 0.1) is 4.91 Å². The number of nitrogens with zero attached hydrogens (tertiary/aromatic N) is 2. The van der Waals surface area contributed by atoms with Gasteiger partial charge in [0.15, 0.2) is 0 Å². The molecule has 1 aromatic heterocycles. The second kappa shape index (κ2) is 7.60.